The number of anilines is 1. The van der Waals surface area contributed by atoms with Crippen LogP contribution in [-0.4, -0.2) is 29.9 Å². The van der Waals surface area contributed by atoms with E-state index in [4.69, 9.17) is 0 Å². The molecule has 0 aromatic heterocycles. The van der Waals surface area contributed by atoms with Gasteiger partial charge in [0.1, 0.15) is 11.6 Å². The lowest BCUT2D eigenvalue weighted by molar-refractivity contribution is 0.0714. The highest BCUT2D eigenvalue weighted by molar-refractivity contribution is 5.94. The van der Waals surface area contributed by atoms with Gasteiger partial charge in [-0.2, -0.15) is 0 Å². The molecule has 1 aliphatic rings. The van der Waals surface area contributed by atoms with Crippen molar-refractivity contribution >= 4 is 11.6 Å². The van der Waals surface area contributed by atoms with Crippen LogP contribution < -0.4 is 5.32 Å². The van der Waals surface area contributed by atoms with Crippen LogP contribution in [0.5, 0.6) is 0 Å². The average Bonchev–Trinajstić information content (AvgIpc) is 2.55. The number of hydrogen-bond acceptors (Lipinski definition) is 2. The molecule has 0 bridgehead atoms. The molecule has 2 aromatic carbocycles. The van der Waals surface area contributed by atoms with E-state index in [0.717, 1.165) is 18.5 Å². The van der Waals surface area contributed by atoms with Gasteiger partial charge in [0.05, 0.1) is 5.56 Å². The molecule has 0 saturated carbocycles. The first kappa shape index (κ1) is 15.5. The van der Waals surface area contributed by atoms with Crippen molar-refractivity contribution in [2.75, 3.05) is 18.4 Å². The van der Waals surface area contributed by atoms with E-state index in [1.807, 2.05) is 6.07 Å². The Bertz CT molecular complexity index is 697. The summed E-state index contributed by atoms with van der Waals surface area (Å²) in [6.45, 7) is 1.11. The van der Waals surface area contributed by atoms with Gasteiger partial charge >= 0.3 is 0 Å². The summed E-state index contributed by atoms with van der Waals surface area (Å²) in [5, 5.41) is 3.28. The topological polar surface area (TPSA) is 32.3 Å². The molecule has 23 heavy (non-hydrogen) atoms. The van der Waals surface area contributed by atoms with Crippen LogP contribution in [0, 0.1) is 11.6 Å². The Kier molecular flexibility index (Phi) is 4.55. The van der Waals surface area contributed by atoms with Crippen molar-refractivity contribution in [3.05, 3.63) is 65.7 Å². The second-order valence-electron chi connectivity index (χ2n) is 5.70. The Labute approximate surface area is 133 Å². The van der Waals surface area contributed by atoms with Crippen molar-refractivity contribution in [1.82, 2.24) is 4.90 Å². The molecule has 1 aliphatic heterocycles. The molecule has 2 aromatic rings. The van der Waals surface area contributed by atoms with Gasteiger partial charge in [0.15, 0.2) is 0 Å². The van der Waals surface area contributed by atoms with E-state index in [2.05, 4.69) is 5.32 Å². The summed E-state index contributed by atoms with van der Waals surface area (Å²) in [5.74, 6) is -1.04. The Morgan fingerprint density at radius 2 is 1.78 bits per heavy atom. The Balaban J connectivity index is 1.58. The van der Waals surface area contributed by atoms with Gasteiger partial charge in [0, 0.05) is 24.8 Å². The SMILES string of the molecule is O=C(c1ccccc1F)N1CCC(Nc2cccc(F)c2)CC1. The molecule has 5 heteroatoms. The zero-order chi connectivity index (χ0) is 16.2. The van der Waals surface area contributed by atoms with E-state index in [0.29, 0.717) is 13.1 Å². The molecule has 0 radical (unpaired) electrons. The van der Waals surface area contributed by atoms with E-state index < -0.39 is 5.82 Å². The minimum atomic E-state index is -0.488. The third-order valence-electron chi connectivity index (χ3n) is 4.08. The van der Waals surface area contributed by atoms with Gasteiger partial charge in [-0.25, -0.2) is 8.78 Å². The lowest BCUT2D eigenvalue weighted by Gasteiger charge is -2.33. The summed E-state index contributed by atoms with van der Waals surface area (Å²) < 4.78 is 26.9. The van der Waals surface area contributed by atoms with Gasteiger partial charge < -0.3 is 10.2 Å². The number of nitrogens with zero attached hydrogens (tertiary/aromatic N) is 1. The predicted octanol–water partition coefficient (Wildman–Crippen LogP) is 3.68. The fourth-order valence-electron chi connectivity index (χ4n) is 2.85. The van der Waals surface area contributed by atoms with E-state index >= 15 is 0 Å². The molecule has 120 valence electrons. The monoisotopic (exact) mass is 316 g/mol. The molecule has 0 atom stereocenters. The summed E-state index contributed by atoms with van der Waals surface area (Å²) in [5.41, 5.74) is 0.855. The number of piperidine rings is 1. The summed E-state index contributed by atoms with van der Waals surface area (Å²) in [4.78, 5) is 14.0. The highest BCUT2D eigenvalue weighted by atomic mass is 19.1. The summed E-state index contributed by atoms with van der Waals surface area (Å²) in [6, 6.07) is 12.6. The van der Waals surface area contributed by atoms with Crippen LogP contribution in [0.1, 0.15) is 23.2 Å². The summed E-state index contributed by atoms with van der Waals surface area (Å²) in [6.07, 6.45) is 1.49. The van der Waals surface area contributed by atoms with E-state index in [1.54, 1.807) is 23.1 Å². The number of benzene rings is 2. The first-order chi connectivity index (χ1) is 11.1. The van der Waals surface area contributed by atoms with Crippen LogP contribution in [0.2, 0.25) is 0 Å². The molecule has 1 heterocycles. The molecule has 1 N–H and O–H groups in total. The maximum atomic E-state index is 13.7. The zero-order valence-electron chi connectivity index (χ0n) is 12.6. The number of amides is 1. The number of carbonyl (C=O) groups excluding carboxylic acids is 1. The first-order valence-corrected chi connectivity index (χ1v) is 7.69. The third kappa shape index (κ3) is 3.67. The normalized spacial score (nSPS) is 15.5. The number of rotatable bonds is 3. The fraction of sp³-hybridized carbons (Fsp3) is 0.278. The largest absolute Gasteiger partial charge is 0.382 e. The van der Waals surface area contributed by atoms with Crippen molar-refractivity contribution in [3.63, 3.8) is 0 Å². The van der Waals surface area contributed by atoms with Gasteiger partial charge in [-0.15, -0.1) is 0 Å². The second kappa shape index (κ2) is 6.77. The highest BCUT2D eigenvalue weighted by Gasteiger charge is 2.25. The summed E-state index contributed by atoms with van der Waals surface area (Å²) in [7, 11) is 0. The Hall–Kier alpha value is -2.43. The minimum absolute atomic E-state index is 0.115. The van der Waals surface area contributed by atoms with Gasteiger partial charge in [0.25, 0.3) is 5.91 Å². The number of nitrogens with one attached hydrogen (secondary N) is 1. The van der Waals surface area contributed by atoms with E-state index in [-0.39, 0.29) is 23.3 Å². The molecule has 0 aliphatic carbocycles. The predicted molar refractivity (Wildman–Crippen MR) is 85.3 cm³/mol. The maximum Gasteiger partial charge on any atom is 0.256 e. The first-order valence-electron chi connectivity index (χ1n) is 7.69. The van der Waals surface area contributed by atoms with Crippen molar-refractivity contribution in [2.24, 2.45) is 0 Å². The van der Waals surface area contributed by atoms with Gasteiger partial charge in [-0.05, 0) is 43.2 Å². The molecular formula is C18H18F2N2O. The molecular weight excluding hydrogens is 298 g/mol. The van der Waals surface area contributed by atoms with Crippen molar-refractivity contribution in [1.29, 1.82) is 0 Å². The smallest absolute Gasteiger partial charge is 0.256 e. The van der Waals surface area contributed by atoms with Gasteiger partial charge in [0.2, 0.25) is 0 Å². The minimum Gasteiger partial charge on any atom is -0.382 e. The van der Waals surface area contributed by atoms with Gasteiger partial charge in [-0.3, -0.25) is 4.79 Å². The van der Waals surface area contributed by atoms with Crippen LogP contribution in [0.3, 0.4) is 0 Å². The molecule has 0 unspecified atom stereocenters. The average molecular weight is 316 g/mol. The maximum absolute atomic E-state index is 13.7. The molecule has 1 amide bonds. The second-order valence-corrected chi connectivity index (χ2v) is 5.70. The zero-order valence-corrected chi connectivity index (χ0v) is 12.6. The van der Waals surface area contributed by atoms with Crippen LogP contribution in [-0.2, 0) is 0 Å². The molecule has 0 spiro atoms. The number of likely N-dealkylation sites (tertiary alicyclic amines) is 1. The highest BCUT2D eigenvalue weighted by Crippen LogP contribution is 2.19. The Morgan fingerprint density at radius 1 is 1.04 bits per heavy atom. The van der Waals surface area contributed by atoms with E-state index in [1.165, 1.54) is 24.3 Å². The lowest BCUT2D eigenvalue weighted by Crippen LogP contribution is -2.42. The van der Waals surface area contributed by atoms with Crippen molar-refractivity contribution < 1.29 is 13.6 Å². The lowest BCUT2D eigenvalue weighted by atomic mass is 10.0. The van der Waals surface area contributed by atoms with E-state index in [9.17, 15) is 13.6 Å². The number of halogens is 2. The number of carbonyl (C=O) groups is 1. The van der Waals surface area contributed by atoms with Crippen LogP contribution in [0.15, 0.2) is 48.5 Å². The fourth-order valence-corrected chi connectivity index (χ4v) is 2.85. The van der Waals surface area contributed by atoms with Crippen LogP contribution >= 0.6 is 0 Å². The molecule has 3 rings (SSSR count). The Morgan fingerprint density at radius 3 is 2.48 bits per heavy atom. The standard InChI is InChI=1S/C18H18F2N2O/c19-13-4-3-5-15(12-13)21-14-8-10-22(11-9-14)18(23)16-6-1-2-7-17(16)20/h1-7,12,14,21H,8-11H2. The van der Waals surface area contributed by atoms with Crippen molar-refractivity contribution in [2.45, 2.75) is 18.9 Å². The quantitative estimate of drug-likeness (QED) is 0.937. The molecule has 1 fully saturated rings. The third-order valence-corrected chi connectivity index (χ3v) is 4.08. The van der Waals surface area contributed by atoms with Crippen LogP contribution in [0.25, 0.3) is 0 Å². The van der Waals surface area contributed by atoms with Gasteiger partial charge in [-0.1, -0.05) is 18.2 Å². The molecule has 3 nitrogen and oxygen atoms in total. The summed E-state index contributed by atoms with van der Waals surface area (Å²) >= 11 is 0. The van der Waals surface area contributed by atoms with Crippen LogP contribution in [0.4, 0.5) is 14.5 Å². The molecule has 1 saturated heterocycles. The number of hydrogen-bond donors (Lipinski definition) is 1. The van der Waals surface area contributed by atoms with Crippen molar-refractivity contribution in [3.8, 4) is 0 Å².